The monoisotopic (exact) mass is 348 g/mol. The van der Waals surface area contributed by atoms with Crippen LogP contribution in [0.1, 0.15) is 56.5 Å². The van der Waals surface area contributed by atoms with Crippen LogP contribution in [-0.4, -0.2) is 46.1 Å². The van der Waals surface area contributed by atoms with Crippen LogP contribution < -0.4 is 5.32 Å². The quantitative estimate of drug-likeness (QED) is 0.906. The van der Waals surface area contributed by atoms with Gasteiger partial charge in [0, 0.05) is 43.6 Å². The highest BCUT2D eigenvalue weighted by molar-refractivity contribution is 5.79. The van der Waals surface area contributed by atoms with Gasteiger partial charge in [0.05, 0.1) is 6.54 Å². The smallest absolute Gasteiger partial charge is 0.225 e. The highest BCUT2D eigenvalue weighted by Crippen LogP contribution is 2.30. The predicted octanol–water partition coefficient (Wildman–Crippen LogP) is 3.42. The van der Waals surface area contributed by atoms with Crippen molar-refractivity contribution in [1.29, 1.82) is 0 Å². The fraction of sp³-hybridized carbons (Fsp3) is 0.737. The Bertz CT molecular complexity index is 587. The van der Waals surface area contributed by atoms with Crippen molar-refractivity contribution in [2.24, 2.45) is 5.92 Å². The number of likely N-dealkylation sites (tertiary alicyclic amines) is 1. The van der Waals surface area contributed by atoms with Crippen molar-refractivity contribution in [3.63, 3.8) is 0 Å². The number of rotatable bonds is 4. The minimum absolute atomic E-state index is 0.172. The molecular formula is C19H29FN4O. The molecule has 0 aromatic carbocycles. The second-order valence-corrected chi connectivity index (χ2v) is 7.61. The largest absolute Gasteiger partial charge is 0.367 e. The third-order valence-corrected chi connectivity index (χ3v) is 5.48. The minimum Gasteiger partial charge on any atom is -0.367 e. The summed E-state index contributed by atoms with van der Waals surface area (Å²) in [5, 5.41) is 3.11. The molecule has 5 nitrogen and oxygen atoms in total. The van der Waals surface area contributed by atoms with E-state index in [9.17, 15) is 4.79 Å². The molecule has 1 saturated carbocycles. The first-order chi connectivity index (χ1) is 12.0. The van der Waals surface area contributed by atoms with Gasteiger partial charge in [0.15, 0.2) is 0 Å². The Hall–Kier alpha value is -1.72. The summed E-state index contributed by atoms with van der Waals surface area (Å²) in [6.45, 7) is 5.01. The van der Waals surface area contributed by atoms with Crippen LogP contribution >= 0.6 is 0 Å². The van der Waals surface area contributed by atoms with Crippen molar-refractivity contribution in [1.82, 2.24) is 14.9 Å². The Kier molecular flexibility index (Phi) is 5.54. The molecule has 1 aromatic heterocycles. The predicted molar refractivity (Wildman–Crippen MR) is 96.2 cm³/mol. The Balaban J connectivity index is 1.50. The van der Waals surface area contributed by atoms with Gasteiger partial charge in [-0.05, 0) is 26.7 Å². The van der Waals surface area contributed by atoms with Gasteiger partial charge in [0.25, 0.3) is 0 Å². The lowest BCUT2D eigenvalue weighted by molar-refractivity contribution is -0.139. The lowest BCUT2D eigenvalue weighted by Crippen LogP contribution is -2.49. The summed E-state index contributed by atoms with van der Waals surface area (Å²) >= 11 is 0. The van der Waals surface area contributed by atoms with E-state index in [4.69, 9.17) is 0 Å². The first-order valence-corrected chi connectivity index (χ1v) is 9.49. The van der Waals surface area contributed by atoms with Gasteiger partial charge in [-0.3, -0.25) is 4.79 Å². The summed E-state index contributed by atoms with van der Waals surface area (Å²) in [4.78, 5) is 23.0. The van der Waals surface area contributed by atoms with Gasteiger partial charge in [0.1, 0.15) is 17.3 Å². The van der Waals surface area contributed by atoms with E-state index in [-0.39, 0.29) is 18.4 Å². The van der Waals surface area contributed by atoms with Crippen LogP contribution in [0.3, 0.4) is 0 Å². The molecule has 0 spiro atoms. The molecule has 6 heteroatoms. The lowest BCUT2D eigenvalue weighted by atomic mass is 9.86. The molecule has 1 saturated heterocycles. The van der Waals surface area contributed by atoms with Crippen LogP contribution in [0.25, 0.3) is 0 Å². The fourth-order valence-electron chi connectivity index (χ4n) is 3.97. The number of aromatic nitrogens is 2. The second kappa shape index (κ2) is 7.67. The molecule has 1 aliphatic heterocycles. The number of carbonyl (C=O) groups is 1. The van der Waals surface area contributed by atoms with E-state index in [1.165, 1.54) is 6.42 Å². The van der Waals surface area contributed by atoms with Crippen LogP contribution in [0.4, 0.5) is 10.2 Å². The van der Waals surface area contributed by atoms with Gasteiger partial charge < -0.3 is 10.2 Å². The van der Waals surface area contributed by atoms with Crippen molar-refractivity contribution in [3.8, 4) is 0 Å². The molecule has 2 fully saturated rings. The van der Waals surface area contributed by atoms with Crippen molar-refractivity contribution in [3.05, 3.63) is 17.6 Å². The zero-order valence-corrected chi connectivity index (χ0v) is 15.4. The second-order valence-electron chi connectivity index (χ2n) is 7.61. The number of carbonyl (C=O) groups excluding carboxylic acids is 1. The Labute approximate surface area is 149 Å². The highest BCUT2D eigenvalue weighted by Gasteiger charge is 2.37. The maximum atomic E-state index is 15.1. The van der Waals surface area contributed by atoms with Crippen molar-refractivity contribution < 1.29 is 9.18 Å². The number of alkyl halides is 1. The van der Waals surface area contributed by atoms with Crippen LogP contribution in [0, 0.1) is 19.8 Å². The van der Waals surface area contributed by atoms with E-state index in [1.54, 1.807) is 0 Å². The fourth-order valence-corrected chi connectivity index (χ4v) is 3.97. The molecule has 25 heavy (non-hydrogen) atoms. The summed E-state index contributed by atoms with van der Waals surface area (Å²) in [5.74, 6) is 1.77. The molecule has 1 aromatic rings. The Morgan fingerprint density at radius 2 is 1.92 bits per heavy atom. The maximum Gasteiger partial charge on any atom is 0.225 e. The van der Waals surface area contributed by atoms with E-state index in [1.807, 2.05) is 24.8 Å². The SMILES string of the molecule is Cc1cc(NCC2(F)CCN(C(=O)C3CCCCC3)CC2)nc(C)n1. The highest BCUT2D eigenvalue weighted by atomic mass is 19.1. The van der Waals surface area contributed by atoms with Crippen molar-refractivity contribution >= 4 is 11.7 Å². The number of amides is 1. The minimum atomic E-state index is -1.28. The number of aryl methyl sites for hydroxylation is 2. The number of nitrogens with zero attached hydrogens (tertiary/aromatic N) is 3. The molecule has 0 atom stereocenters. The number of piperidine rings is 1. The average Bonchev–Trinajstić information content (AvgIpc) is 2.60. The molecule has 1 amide bonds. The normalized spacial score (nSPS) is 21.2. The Morgan fingerprint density at radius 3 is 2.56 bits per heavy atom. The van der Waals surface area contributed by atoms with Crippen LogP contribution in [0.5, 0.6) is 0 Å². The summed E-state index contributed by atoms with van der Waals surface area (Å²) < 4.78 is 15.1. The first-order valence-electron chi connectivity index (χ1n) is 9.49. The number of halogens is 1. The number of anilines is 1. The standard InChI is InChI=1S/C19H29FN4O/c1-14-12-17(23-15(2)22-14)21-13-19(20)8-10-24(11-9-19)18(25)16-6-4-3-5-7-16/h12,16H,3-11,13H2,1-2H3,(H,21,22,23). The number of hydrogen-bond acceptors (Lipinski definition) is 4. The summed E-state index contributed by atoms with van der Waals surface area (Å²) in [6, 6.07) is 1.83. The van der Waals surface area contributed by atoms with Gasteiger partial charge >= 0.3 is 0 Å². The summed E-state index contributed by atoms with van der Waals surface area (Å²) in [7, 11) is 0. The zero-order chi connectivity index (χ0) is 17.9. The molecule has 0 radical (unpaired) electrons. The van der Waals surface area contributed by atoms with E-state index >= 15 is 4.39 Å². The molecule has 138 valence electrons. The van der Waals surface area contributed by atoms with Gasteiger partial charge in [-0.1, -0.05) is 19.3 Å². The molecule has 1 N–H and O–H groups in total. The average molecular weight is 348 g/mol. The first kappa shape index (κ1) is 18.1. The molecule has 2 aliphatic rings. The molecular weight excluding hydrogens is 319 g/mol. The maximum absolute atomic E-state index is 15.1. The van der Waals surface area contributed by atoms with Crippen LogP contribution in [0.15, 0.2) is 6.07 Å². The van der Waals surface area contributed by atoms with E-state index < -0.39 is 5.67 Å². The summed E-state index contributed by atoms with van der Waals surface area (Å²) in [5.41, 5.74) is -0.411. The molecule has 0 bridgehead atoms. The summed E-state index contributed by atoms with van der Waals surface area (Å²) in [6.07, 6.45) is 6.33. The number of hydrogen-bond donors (Lipinski definition) is 1. The van der Waals surface area contributed by atoms with Gasteiger partial charge in [-0.25, -0.2) is 14.4 Å². The lowest BCUT2D eigenvalue weighted by Gasteiger charge is -2.38. The third kappa shape index (κ3) is 4.67. The van der Waals surface area contributed by atoms with Crippen LogP contribution in [-0.2, 0) is 4.79 Å². The third-order valence-electron chi connectivity index (χ3n) is 5.48. The van der Waals surface area contributed by atoms with Gasteiger partial charge in [-0.2, -0.15) is 0 Å². The molecule has 0 unspecified atom stereocenters. The molecule has 2 heterocycles. The van der Waals surface area contributed by atoms with Gasteiger partial charge in [-0.15, -0.1) is 0 Å². The van der Waals surface area contributed by atoms with Crippen LogP contribution in [0.2, 0.25) is 0 Å². The molecule has 3 rings (SSSR count). The zero-order valence-electron chi connectivity index (χ0n) is 15.4. The number of nitrogens with one attached hydrogen (secondary N) is 1. The van der Waals surface area contributed by atoms with E-state index in [2.05, 4.69) is 15.3 Å². The van der Waals surface area contributed by atoms with Crippen molar-refractivity contribution in [2.75, 3.05) is 25.0 Å². The molecule has 1 aliphatic carbocycles. The Morgan fingerprint density at radius 1 is 1.24 bits per heavy atom. The van der Waals surface area contributed by atoms with Crippen molar-refractivity contribution in [2.45, 2.75) is 64.5 Å². The van der Waals surface area contributed by atoms with E-state index in [0.29, 0.717) is 37.6 Å². The van der Waals surface area contributed by atoms with E-state index in [0.717, 1.165) is 31.4 Å². The topological polar surface area (TPSA) is 58.1 Å². The van der Waals surface area contributed by atoms with Gasteiger partial charge in [0.2, 0.25) is 5.91 Å².